The summed E-state index contributed by atoms with van der Waals surface area (Å²) >= 11 is 1.67. The van der Waals surface area contributed by atoms with E-state index in [0.717, 1.165) is 18.8 Å². The average molecular weight is 292 g/mol. The van der Waals surface area contributed by atoms with Crippen LogP contribution in [-0.2, 0) is 6.54 Å². The number of rotatable bonds is 6. The highest BCUT2D eigenvalue weighted by atomic mass is 32.1. The maximum absolute atomic E-state index is 11.0. The Labute approximate surface area is 120 Å². The van der Waals surface area contributed by atoms with Gasteiger partial charge in [0.1, 0.15) is 0 Å². The molecule has 7 heteroatoms. The van der Waals surface area contributed by atoms with Crippen LogP contribution in [0.5, 0.6) is 0 Å². The van der Waals surface area contributed by atoms with Gasteiger partial charge in [0.25, 0.3) is 5.69 Å². The average Bonchev–Trinajstić information content (AvgIpc) is 2.97. The van der Waals surface area contributed by atoms with Gasteiger partial charge < -0.3 is 10.3 Å². The van der Waals surface area contributed by atoms with Crippen LogP contribution in [0.2, 0.25) is 0 Å². The maximum Gasteiger partial charge on any atom is 0.273 e. The highest BCUT2D eigenvalue weighted by Gasteiger charge is 2.14. The molecule has 0 saturated carbocycles. The number of nitrogens with one attached hydrogen (secondary N) is 1. The van der Waals surface area contributed by atoms with E-state index in [9.17, 15) is 10.1 Å². The van der Waals surface area contributed by atoms with Gasteiger partial charge in [0.15, 0.2) is 0 Å². The van der Waals surface area contributed by atoms with Crippen LogP contribution in [0.15, 0.2) is 35.7 Å². The first-order valence-corrected chi connectivity index (χ1v) is 7.05. The first-order valence-electron chi connectivity index (χ1n) is 6.17. The van der Waals surface area contributed by atoms with Crippen molar-refractivity contribution in [3.8, 4) is 0 Å². The fourth-order valence-electron chi connectivity index (χ4n) is 1.94. The van der Waals surface area contributed by atoms with Crippen molar-refractivity contribution in [2.75, 3.05) is 16.9 Å². The minimum Gasteiger partial charge on any atom is -0.366 e. The Morgan fingerprint density at radius 3 is 2.80 bits per heavy atom. The van der Waals surface area contributed by atoms with E-state index in [0.29, 0.717) is 5.69 Å². The van der Waals surface area contributed by atoms with Crippen molar-refractivity contribution >= 4 is 28.4 Å². The lowest BCUT2D eigenvalue weighted by atomic mass is 10.2. The van der Waals surface area contributed by atoms with Crippen LogP contribution in [0.4, 0.5) is 17.1 Å². The molecule has 2 aromatic rings. The molecule has 0 atom stereocenters. The van der Waals surface area contributed by atoms with Gasteiger partial charge in [0.05, 0.1) is 17.2 Å². The topological polar surface area (TPSA) is 84.4 Å². The molecule has 1 aromatic carbocycles. The second-order valence-corrected chi connectivity index (χ2v) is 5.27. The zero-order chi connectivity index (χ0) is 14.5. The molecule has 1 aromatic heterocycles. The predicted octanol–water partition coefficient (Wildman–Crippen LogP) is 2.97. The monoisotopic (exact) mass is 292 g/mol. The van der Waals surface area contributed by atoms with Crippen molar-refractivity contribution in [1.29, 1.82) is 0 Å². The Kier molecular flexibility index (Phi) is 4.54. The molecule has 0 aliphatic rings. The summed E-state index contributed by atoms with van der Waals surface area (Å²) in [5.74, 6) is 5.38. The molecule has 0 fully saturated rings. The molecule has 0 amide bonds. The Balaban J connectivity index is 2.32. The molecule has 1 heterocycles. The molecule has 0 saturated heterocycles. The number of hydrazine groups is 1. The van der Waals surface area contributed by atoms with Crippen molar-refractivity contribution in [2.45, 2.75) is 13.5 Å². The second-order valence-electron chi connectivity index (χ2n) is 4.23. The highest BCUT2D eigenvalue weighted by molar-refractivity contribution is 7.09. The van der Waals surface area contributed by atoms with E-state index in [2.05, 4.69) is 10.3 Å². The van der Waals surface area contributed by atoms with E-state index in [1.54, 1.807) is 17.4 Å². The third kappa shape index (κ3) is 3.25. The zero-order valence-electron chi connectivity index (χ0n) is 11.1. The molecule has 6 nitrogen and oxygen atoms in total. The number of nitro groups is 1. The molecule has 0 spiro atoms. The first kappa shape index (κ1) is 14.3. The van der Waals surface area contributed by atoms with Gasteiger partial charge in [0, 0.05) is 29.2 Å². The summed E-state index contributed by atoms with van der Waals surface area (Å²) in [6.45, 7) is 3.49. The quantitative estimate of drug-likeness (QED) is 0.486. The molecule has 106 valence electrons. The Morgan fingerprint density at radius 2 is 2.25 bits per heavy atom. The van der Waals surface area contributed by atoms with Gasteiger partial charge in [-0.05, 0) is 24.4 Å². The number of non-ortho nitro benzene ring substituents is 1. The fraction of sp³-hybridized carbons (Fsp3) is 0.231. The summed E-state index contributed by atoms with van der Waals surface area (Å²) in [4.78, 5) is 13.8. The van der Waals surface area contributed by atoms with Gasteiger partial charge in [-0.15, -0.1) is 11.3 Å². The molecular formula is C13H16N4O2S. The van der Waals surface area contributed by atoms with Gasteiger partial charge in [0.2, 0.25) is 0 Å². The van der Waals surface area contributed by atoms with Crippen LogP contribution in [0.1, 0.15) is 11.8 Å². The third-order valence-corrected chi connectivity index (χ3v) is 3.81. The number of nitrogen functional groups attached to an aromatic ring is 1. The van der Waals surface area contributed by atoms with Gasteiger partial charge in [-0.2, -0.15) is 0 Å². The predicted molar refractivity (Wildman–Crippen MR) is 81.9 cm³/mol. The van der Waals surface area contributed by atoms with Crippen molar-refractivity contribution in [1.82, 2.24) is 0 Å². The number of hydrogen-bond donors (Lipinski definition) is 2. The summed E-state index contributed by atoms with van der Waals surface area (Å²) < 4.78 is 0. The van der Waals surface area contributed by atoms with Crippen molar-refractivity contribution in [3.05, 3.63) is 50.7 Å². The SMILES string of the molecule is CCN(Cc1cccs1)c1cc(NN)cc([N+](=O)[O-])c1. The summed E-state index contributed by atoms with van der Waals surface area (Å²) in [6, 6.07) is 8.84. The van der Waals surface area contributed by atoms with Gasteiger partial charge in [-0.3, -0.25) is 16.0 Å². The van der Waals surface area contributed by atoms with Crippen LogP contribution in [0.25, 0.3) is 0 Å². The van der Waals surface area contributed by atoms with Gasteiger partial charge in [-0.25, -0.2) is 0 Å². The Hall–Kier alpha value is -2.12. The van der Waals surface area contributed by atoms with E-state index < -0.39 is 4.92 Å². The molecule has 20 heavy (non-hydrogen) atoms. The lowest BCUT2D eigenvalue weighted by molar-refractivity contribution is -0.384. The molecule has 2 rings (SSSR count). The molecule has 0 unspecified atom stereocenters. The number of nitrogens with two attached hydrogens (primary N) is 1. The van der Waals surface area contributed by atoms with E-state index in [-0.39, 0.29) is 5.69 Å². The van der Waals surface area contributed by atoms with Crippen LogP contribution in [-0.4, -0.2) is 11.5 Å². The summed E-state index contributed by atoms with van der Waals surface area (Å²) in [7, 11) is 0. The smallest absolute Gasteiger partial charge is 0.273 e. The van der Waals surface area contributed by atoms with E-state index in [1.165, 1.54) is 10.9 Å². The standard InChI is InChI=1S/C13H16N4O2S/c1-2-16(9-13-4-3-5-20-13)11-6-10(15-14)7-12(8-11)17(18)19/h3-8,15H,2,9,14H2,1H3. The number of anilines is 2. The Morgan fingerprint density at radius 1 is 1.45 bits per heavy atom. The van der Waals surface area contributed by atoms with Crippen molar-refractivity contribution < 1.29 is 4.92 Å². The summed E-state index contributed by atoms with van der Waals surface area (Å²) in [6.07, 6.45) is 0. The summed E-state index contributed by atoms with van der Waals surface area (Å²) in [5.41, 5.74) is 3.81. The van der Waals surface area contributed by atoms with Crippen LogP contribution >= 0.6 is 11.3 Å². The lowest BCUT2D eigenvalue weighted by Crippen LogP contribution is -2.22. The highest BCUT2D eigenvalue weighted by Crippen LogP contribution is 2.28. The second kappa shape index (κ2) is 6.36. The van der Waals surface area contributed by atoms with Crippen LogP contribution in [0.3, 0.4) is 0 Å². The minimum absolute atomic E-state index is 0.0279. The van der Waals surface area contributed by atoms with E-state index >= 15 is 0 Å². The van der Waals surface area contributed by atoms with E-state index in [4.69, 9.17) is 5.84 Å². The van der Waals surface area contributed by atoms with Crippen LogP contribution < -0.4 is 16.2 Å². The number of benzene rings is 1. The molecule has 0 bridgehead atoms. The fourth-order valence-corrected chi connectivity index (χ4v) is 2.66. The molecule has 0 aliphatic heterocycles. The minimum atomic E-state index is -0.413. The molecule has 0 radical (unpaired) electrons. The third-order valence-electron chi connectivity index (χ3n) is 2.95. The lowest BCUT2D eigenvalue weighted by Gasteiger charge is -2.23. The molecule has 3 N–H and O–H groups in total. The zero-order valence-corrected chi connectivity index (χ0v) is 11.9. The number of nitrogens with zero attached hydrogens (tertiary/aromatic N) is 2. The van der Waals surface area contributed by atoms with Crippen molar-refractivity contribution in [2.24, 2.45) is 5.84 Å². The van der Waals surface area contributed by atoms with Gasteiger partial charge >= 0.3 is 0 Å². The van der Waals surface area contributed by atoms with Gasteiger partial charge in [-0.1, -0.05) is 6.07 Å². The van der Waals surface area contributed by atoms with Crippen LogP contribution in [0, 0.1) is 10.1 Å². The Bertz CT molecular complexity index is 586. The number of thiophene rings is 1. The number of hydrogen-bond acceptors (Lipinski definition) is 6. The largest absolute Gasteiger partial charge is 0.366 e. The normalized spacial score (nSPS) is 10.3. The van der Waals surface area contributed by atoms with Crippen molar-refractivity contribution in [3.63, 3.8) is 0 Å². The maximum atomic E-state index is 11.0. The van der Waals surface area contributed by atoms with E-state index in [1.807, 2.05) is 30.5 Å². The number of nitro benzene ring substituents is 1. The summed E-state index contributed by atoms with van der Waals surface area (Å²) in [5, 5.41) is 13.0. The molecule has 0 aliphatic carbocycles. The molecular weight excluding hydrogens is 276 g/mol. The first-order chi connectivity index (χ1) is 9.63.